The molecule has 27 heavy (non-hydrogen) atoms. The third kappa shape index (κ3) is 2.87. The molecule has 5 aromatic rings. The van der Waals surface area contributed by atoms with E-state index in [1.165, 1.54) is 0 Å². The van der Waals surface area contributed by atoms with E-state index in [0.29, 0.717) is 12.4 Å². The fourth-order valence-electron chi connectivity index (χ4n) is 3.12. The van der Waals surface area contributed by atoms with Gasteiger partial charge in [0.2, 0.25) is 0 Å². The molecule has 0 aliphatic heterocycles. The first-order chi connectivity index (χ1) is 13.4. The molecular weight excluding hydrogens is 336 g/mol. The van der Waals surface area contributed by atoms with E-state index < -0.39 is 0 Å². The van der Waals surface area contributed by atoms with E-state index in [-0.39, 0.29) is 0 Å². The van der Waals surface area contributed by atoms with Gasteiger partial charge in [0.25, 0.3) is 0 Å². The zero-order valence-electron chi connectivity index (χ0n) is 14.4. The van der Waals surface area contributed by atoms with Crippen LogP contribution in [0.4, 0.5) is 5.82 Å². The van der Waals surface area contributed by atoms with Crippen LogP contribution in [0.1, 0.15) is 5.69 Å². The van der Waals surface area contributed by atoms with Crippen LogP contribution in [0.5, 0.6) is 0 Å². The summed E-state index contributed by atoms with van der Waals surface area (Å²) in [6.45, 7) is 0.579. The van der Waals surface area contributed by atoms with E-state index in [2.05, 4.69) is 15.4 Å². The van der Waals surface area contributed by atoms with Crippen molar-refractivity contribution in [1.29, 1.82) is 0 Å². The molecule has 0 radical (unpaired) electrons. The highest BCUT2D eigenvalue weighted by molar-refractivity contribution is 5.90. The van der Waals surface area contributed by atoms with Crippen LogP contribution in [-0.2, 0) is 6.54 Å². The molecule has 0 saturated heterocycles. The van der Waals surface area contributed by atoms with Gasteiger partial charge in [-0.2, -0.15) is 5.10 Å². The minimum Gasteiger partial charge on any atom is -0.364 e. The number of fused-ring (bicyclic) bond motifs is 2. The second-order valence-electron chi connectivity index (χ2n) is 6.17. The van der Waals surface area contributed by atoms with Crippen LogP contribution in [0.3, 0.4) is 0 Å². The van der Waals surface area contributed by atoms with Gasteiger partial charge in [-0.3, -0.25) is 0 Å². The Morgan fingerprint density at radius 2 is 1.67 bits per heavy atom. The van der Waals surface area contributed by atoms with Crippen molar-refractivity contribution < 1.29 is 0 Å². The van der Waals surface area contributed by atoms with E-state index in [4.69, 9.17) is 9.97 Å². The van der Waals surface area contributed by atoms with Crippen LogP contribution < -0.4 is 5.32 Å². The zero-order valence-corrected chi connectivity index (χ0v) is 14.4. The van der Waals surface area contributed by atoms with Crippen molar-refractivity contribution in [2.75, 3.05) is 5.32 Å². The molecule has 6 heteroatoms. The van der Waals surface area contributed by atoms with Crippen molar-refractivity contribution in [2.45, 2.75) is 6.54 Å². The molecule has 3 heterocycles. The van der Waals surface area contributed by atoms with Crippen molar-refractivity contribution >= 4 is 22.4 Å². The highest BCUT2D eigenvalue weighted by atomic mass is 15.3. The third-order valence-electron chi connectivity index (χ3n) is 4.44. The molecule has 0 aliphatic carbocycles. The van der Waals surface area contributed by atoms with Gasteiger partial charge in [0, 0.05) is 23.2 Å². The van der Waals surface area contributed by atoms with Crippen LogP contribution in [0, 0.1) is 0 Å². The Bertz CT molecular complexity index is 1230. The van der Waals surface area contributed by atoms with Crippen LogP contribution in [0.25, 0.3) is 27.9 Å². The van der Waals surface area contributed by atoms with Crippen molar-refractivity contribution in [3.05, 3.63) is 84.8 Å². The summed E-state index contributed by atoms with van der Waals surface area (Å²) in [7, 11) is 0. The predicted molar refractivity (Wildman–Crippen MR) is 105 cm³/mol. The molecule has 1 N–H and O–H groups in total. The largest absolute Gasteiger partial charge is 0.364 e. The van der Waals surface area contributed by atoms with Crippen molar-refractivity contribution in [3.8, 4) is 11.4 Å². The highest BCUT2D eigenvalue weighted by Crippen LogP contribution is 2.25. The molecule has 0 aliphatic rings. The number of nitrogens with one attached hydrogen (secondary N) is 1. The van der Waals surface area contributed by atoms with Gasteiger partial charge in [0.05, 0.1) is 24.0 Å². The third-order valence-corrected chi connectivity index (χ3v) is 4.44. The molecule has 5 rings (SSSR count). The summed E-state index contributed by atoms with van der Waals surface area (Å²) in [6, 6.07) is 21.9. The molecule has 130 valence electrons. The van der Waals surface area contributed by atoms with Gasteiger partial charge in [-0.05, 0) is 18.2 Å². The van der Waals surface area contributed by atoms with E-state index in [1.807, 2.05) is 71.2 Å². The molecule has 0 unspecified atom stereocenters. The van der Waals surface area contributed by atoms with Crippen LogP contribution in [0.15, 0.2) is 79.1 Å². The molecule has 0 bridgehead atoms. The summed E-state index contributed by atoms with van der Waals surface area (Å²) in [5, 5.41) is 8.78. The maximum absolute atomic E-state index is 4.79. The lowest BCUT2D eigenvalue weighted by Crippen LogP contribution is -2.08. The van der Waals surface area contributed by atoms with E-state index >= 15 is 0 Å². The number of anilines is 1. The summed E-state index contributed by atoms with van der Waals surface area (Å²) in [4.78, 5) is 13.8. The molecular formula is C21H16N6. The lowest BCUT2D eigenvalue weighted by molar-refractivity contribution is 0.852. The maximum atomic E-state index is 4.79. The Balaban J connectivity index is 1.56. The van der Waals surface area contributed by atoms with Crippen LogP contribution in [-0.4, -0.2) is 24.6 Å². The molecule has 0 amide bonds. The van der Waals surface area contributed by atoms with Gasteiger partial charge in [-0.1, -0.05) is 42.5 Å². The second kappa shape index (κ2) is 6.49. The Labute approximate surface area is 155 Å². The van der Waals surface area contributed by atoms with Gasteiger partial charge in [0.1, 0.15) is 5.82 Å². The first kappa shape index (κ1) is 15.5. The first-order valence-corrected chi connectivity index (χ1v) is 8.72. The topological polar surface area (TPSA) is 68.0 Å². The molecule has 0 saturated carbocycles. The number of hydrogen-bond donors (Lipinski definition) is 1. The number of aromatic nitrogens is 5. The van der Waals surface area contributed by atoms with Gasteiger partial charge < -0.3 is 5.32 Å². The second-order valence-corrected chi connectivity index (χ2v) is 6.17. The lowest BCUT2D eigenvalue weighted by Gasteiger charge is -2.11. The zero-order chi connectivity index (χ0) is 18.1. The summed E-state index contributed by atoms with van der Waals surface area (Å²) < 4.78 is 1.83. The lowest BCUT2D eigenvalue weighted by atomic mass is 10.2. The number of hydrogen-bond acceptors (Lipinski definition) is 5. The standard InChI is InChI=1S/C21H16N6/c1-2-6-15(7-3-1)20-25-18-9-5-4-8-17(18)21(26-20)23-14-16-10-12-22-19-11-13-24-27(16)19/h1-13H,14H2,(H,23,25,26). The number of nitrogens with zero attached hydrogens (tertiary/aromatic N) is 5. The average molecular weight is 352 g/mol. The van der Waals surface area contributed by atoms with E-state index in [9.17, 15) is 0 Å². The monoisotopic (exact) mass is 352 g/mol. The normalized spacial score (nSPS) is 11.1. The van der Waals surface area contributed by atoms with Gasteiger partial charge in [-0.15, -0.1) is 0 Å². The van der Waals surface area contributed by atoms with Gasteiger partial charge in [0.15, 0.2) is 11.5 Å². The summed E-state index contributed by atoms with van der Waals surface area (Å²) in [6.07, 6.45) is 3.54. The fraction of sp³-hybridized carbons (Fsp3) is 0.0476. The quantitative estimate of drug-likeness (QED) is 0.530. The molecule has 0 spiro atoms. The molecule has 0 atom stereocenters. The average Bonchev–Trinajstić information content (AvgIpc) is 3.22. The van der Waals surface area contributed by atoms with Crippen molar-refractivity contribution in [3.63, 3.8) is 0 Å². The van der Waals surface area contributed by atoms with Crippen molar-refractivity contribution in [2.24, 2.45) is 0 Å². The SMILES string of the molecule is c1ccc(-c2nc(NCc3ccnc4ccnn34)c3ccccc3n2)cc1. The fourth-order valence-corrected chi connectivity index (χ4v) is 3.12. The summed E-state index contributed by atoms with van der Waals surface area (Å²) in [5.74, 6) is 1.51. The van der Waals surface area contributed by atoms with Crippen LogP contribution in [0.2, 0.25) is 0 Å². The smallest absolute Gasteiger partial charge is 0.162 e. The van der Waals surface area contributed by atoms with Gasteiger partial charge >= 0.3 is 0 Å². The Kier molecular flexibility index (Phi) is 3.72. The number of rotatable bonds is 4. The van der Waals surface area contributed by atoms with Gasteiger partial charge in [-0.25, -0.2) is 19.5 Å². The minimum absolute atomic E-state index is 0.579. The minimum atomic E-state index is 0.579. The van der Waals surface area contributed by atoms with Crippen LogP contribution >= 0.6 is 0 Å². The Hall–Kier alpha value is -3.80. The number of benzene rings is 2. The molecule has 3 aromatic heterocycles. The predicted octanol–water partition coefficient (Wildman–Crippen LogP) is 3.95. The number of para-hydroxylation sites is 1. The van der Waals surface area contributed by atoms with E-state index in [0.717, 1.165) is 33.6 Å². The Morgan fingerprint density at radius 1 is 0.815 bits per heavy atom. The maximum Gasteiger partial charge on any atom is 0.162 e. The first-order valence-electron chi connectivity index (χ1n) is 8.72. The Morgan fingerprint density at radius 3 is 2.59 bits per heavy atom. The molecule has 2 aromatic carbocycles. The van der Waals surface area contributed by atoms with Crippen molar-refractivity contribution in [1.82, 2.24) is 24.6 Å². The molecule has 0 fully saturated rings. The highest BCUT2D eigenvalue weighted by Gasteiger charge is 2.10. The molecule has 6 nitrogen and oxygen atoms in total. The summed E-state index contributed by atoms with van der Waals surface area (Å²) in [5.41, 5.74) is 3.73. The summed E-state index contributed by atoms with van der Waals surface area (Å²) >= 11 is 0. The van der Waals surface area contributed by atoms with E-state index in [1.54, 1.807) is 12.4 Å².